The Morgan fingerprint density at radius 1 is 1.29 bits per heavy atom. The molecule has 0 amide bonds. The summed E-state index contributed by atoms with van der Waals surface area (Å²) in [6.07, 6.45) is 0. The highest BCUT2D eigenvalue weighted by atomic mass is 15.0. The van der Waals surface area contributed by atoms with Crippen LogP contribution in [0, 0.1) is 6.92 Å². The predicted octanol–water partition coefficient (Wildman–Crippen LogP) is 2.31. The van der Waals surface area contributed by atoms with Crippen molar-refractivity contribution < 1.29 is 0 Å². The molecule has 0 atom stereocenters. The zero-order chi connectivity index (χ0) is 9.54. The van der Waals surface area contributed by atoms with Gasteiger partial charge in [0.25, 0.3) is 0 Å². The fourth-order valence-electron chi connectivity index (χ4n) is 1.92. The number of para-hydroxylation sites is 1. The molecule has 1 aliphatic rings. The molecule has 0 spiro atoms. The fraction of sp³-hybridized carbons (Fsp3) is 0.182. The molecule has 0 bridgehead atoms. The first-order valence-electron chi connectivity index (χ1n) is 4.73. The minimum Gasteiger partial charge on any atom is -0.379 e. The largest absolute Gasteiger partial charge is 0.379 e. The molecule has 3 rings (SSSR count). The summed E-state index contributed by atoms with van der Waals surface area (Å²) in [6.45, 7) is 2.83. The lowest BCUT2D eigenvalue weighted by Crippen LogP contribution is -2.07. The van der Waals surface area contributed by atoms with Gasteiger partial charge >= 0.3 is 0 Å². The van der Waals surface area contributed by atoms with E-state index in [1.165, 1.54) is 16.9 Å². The lowest BCUT2D eigenvalue weighted by Gasteiger charge is -2.16. The maximum atomic E-state index is 4.50. The van der Waals surface area contributed by atoms with Gasteiger partial charge in [-0.15, -0.1) is 0 Å². The van der Waals surface area contributed by atoms with Crippen LogP contribution in [0.5, 0.6) is 0 Å². The van der Waals surface area contributed by atoms with E-state index in [-0.39, 0.29) is 0 Å². The van der Waals surface area contributed by atoms with Crippen molar-refractivity contribution in [2.24, 2.45) is 0 Å². The smallest absolute Gasteiger partial charge is 0.103 e. The summed E-state index contributed by atoms with van der Waals surface area (Å²) >= 11 is 0. The van der Waals surface area contributed by atoms with Gasteiger partial charge in [-0.2, -0.15) is 0 Å². The lowest BCUT2D eigenvalue weighted by atomic mass is 10.0. The van der Waals surface area contributed by atoms with Crippen LogP contribution < -0.4 is 5.32 Å². The number of nitrogens with one attached hydrogen (secondary N) is 2. The number of H-pyrrole nitrogens is 1. The van der Waals surface area contributed by atoms with Crippen molar-refractivity contribution in [2.75, 3.05) is 5.32 Å². The van der Waals surface area contributed by atoms with E-state index in [0.29, 0.717) is 0 Å². The van der Waals surface area contributed by atoms with Gasteiger partial charge in [0.2, 0.25) is 0 Å². The summed E-state index contributed by atoms with van der Waals surface area (Å²) < 4.78 is 0. The number of imidazole rings is 1. The van der Waals surface area contributed by atoms with Crippen molar-refractivity contribution in [3.63, 3.8) is 0 Å². The van der Waals surface area contributed by atoms with E-state index in [4.69, 9.17) is 0 Å². The van der Waals surface area contributed by atoms with Crippen LogP contribution in [0.3, 0.4) is 0 Å². The first-order chi connectivity index (χ1) is 6.84. The van der Waals surface area contributed by atoms with E-state index in [1.807, 2.05) is 19.1 Å². The van der Waals surface area contributed by atoms with Crippen LogP contribution >= 0.6 is 0 Å². The zero-order valence-electron chi connectivity index (χ0n) is 7.96. The van der Waals surface area contributed by atoms with Crippen LogP contribution in [0.15, 0.2) is 24.3 Å². The van der Waals surface area contributed by atoms with Crippen LogP contribution in [0.1, 0.15) is 11.5 Å². The third-order valence-corrected chi connectivity index (χ3v) is 2.53. The Balaban J connectivity index is 2.28. The quantitative estimate of drug-likeness (QED) is 0.661. The molecule has 2 N–H and O–H groups in total. The van der Waals surface area contributed by atoms with Crippen molar-refractivity contribution in [1.82, 2.24) is 9.97 Å². The van der Waals surface area contributed by atoms with E-state index in [1.54, 1.807) is 0 Å². The summed E-state index contributed by atoms with van der Waals surface area (Å²) in [4.78, 5) is 7.76. The van der Waals surface area contributed by atoms with E-state index < -0.39 is 0 Å². The Kier molecular flexibility index (Phi) is 1.42. The number of aromatic nitrogens is 2. The molecule has 3 nitrogen and oxygen atoms in total. The van der Waals surface area contributed by atoms with Crippen molar-refractivity contribution >= 4 is 5.69 Å². The summed E-state index contributed by atoms with van der Waals surface area (Å²) in [6, 6.07) is 8.26. The average molecular weight is 185 g/mol. The average Bonchev–Trinajstić information content (AvgIpc) is 2.59. The highest BCUT2D eigenvalue weighted by molar-refractivity contribution is 5.79. The molecular weight excluding hydrogens is 174 g/mol. The maximum Gasteiger partial charge on any atom is 0.103 e. The van der Waals surface area contributed by atoms with Crippen LogP contribution in [0.25, 0.3) is 11.3 Å². The van der Waals surface area contributed by atoms with Gasteiger partial charge in [-0.25, -0.2) is 4.98 Å². The van der Waals surface area contributed by atoms with Gasteiger partial charge in [-0.3, -0.25) is 0 Å². The second-order valence-electron chi connectivity index (χ2n) is 3.55. The van der Waals surface area contributed by atoms with Gasteiger partial charge in [-0.1, -0.05) is 18.2 Å². The highest BCUT2D eigenvalue weighted by Crippen LogP contribution is 2.33. The Hall–Kier alpha value is -1.77. The van der Waals surface area contributed by atoms with Crippen molar-refractivity contribution in [3.05, 3.63) is 35.8 Å². The molecular formula is C11H11N3. The molecule has 14 heavy (non-hydrogen) atoms. The summed E-state index contributed by atoms with van der Waals surface area (Å²) in [5.41, 5.74) is 4.64. The fourth-order valence-corrected chi connectivity index (χ4v) is 1.92. The first kappa shape index (κ1) is 7.62. The van der Waals surface area contributed by atoms with E-state index in [2.05, 4.69) is 27.4 Å². The Bertz CT molecular complexity index is 485. The van der Waals surface area contributed by atoms with Gasteiger partial charge in [0.05, 0.1) is 17.9 Å². The molecule has 2 heterocycles. The van der Waals surface area contributed by atoms with Gasteiger partial charge in [-0.05, 0) is 13.0 Å². The molecule has 1 aliphatic heterocycles. The molecule has 0 radical (unpaired) electrons. The normalized spacial score (nSPS) is 12.9. The number of anilines is 1. The number of aryl methyl sites for hydroxylation is 1. The predicted molar refractivity (Wildman–Crippen MR) is 56.1 cm³/mol. The molecule has 70 valence electrons. The molecule has 0 saturated heterocycles. The summed E-state index contributed by atoms with van der Waals surface area (Å²) in [5.74, 6) is 0.980. The molecule has 0 unspecified atom stereocenters. The number of aromatic amines is 1. The molecule has 1 aromatic heterocycles. The third kappa shape index (κ3) is 0.954. The summed E-state index contributed by atoms with van der Waals surface area (Å²) in [7, 11) is 0. The van der Waals surface area contributed by atoms with Crippen LogP contribution in [-0.4, -0.2) is 9.97 Å². The van der Waals surface area contributed by atoms with Crippen LogP contribution in [-0.2, 0) is 6.54 Å². The van der Waals surface area contributed by atoms with Gasteiger partial charge < -0.3 is 10.3 Å². The monoisotopic (exact) mass is 185 g/mol. The lowest BCUT2D eigenvalue weighted by molar-refractivity contribution is 1.04. The Labute approximate surface area is 82.2 Å². The highest BCUT2D eigenvalue weighted by Gasteiger charge is 2.17. The molecule has 0 aliphatic carbocycles. The van der Waals surface area contributed by atoms with Gasteiger partial charge in [0.15, 0.2) is 0 Å². The number of hydrogen-bond donors (Lipinski definition) is 2. The molecule has 3 heteroatoms. The van der Waals surface area contributed by atoms with Gasteiger partial charge in [0.1, 0.15) is 5.82 Å². The Morgan fingerprint density at radius 2 is 2.14 bits per heavy atom. The van der Waals surface area contributed by atoms with E-state index in [0.717, 1.165) is 18.1 Å². The number of rotatable bonds is 0. The maximum absolute atomic E-state index is 4.50. The second kappa shape index (κ2) is 2.61. The van der Waals surface area contributed by atoms with Crippen LogP contribution in [0.4, 0.5) is 5.69 Å². The summed E-state index contributed by atoms with van der Waals surface area (Å²) in [5, 5.41) is 3.36. The van der Waals surface area contributed by atoms with E-state index in [9.17, 15) is 0 Å². The van der Waals surface area contributed by atoms with Crippen molar-refractivity contribution in [3.8, 4) is 11.3 Å². The number of hydrogen-bond acceptors (Lipinski definition) is 2. The standard InChI is InChI=1S/C11H11N3/c1-7-13-10-6-12-9-5-3-2-4-8(9)11(10)14-7/h2-5,12H,6H2,1H3,(H,13,14). The minimum absolute atomic E-state index is 0.840. The van der Waals surface area contributed by atoms with E-state index >= 15 is 0 Å². The third-order valence-electron chi connectivity index (χ3n) is 2.53. The first-order valence-corrected chi connectivity index (χ1v) is 4.73. The number of benzene rings is 1. The molecule has 1 aromatic carbocycles. The SMILES string of the molecule is Cc1nc2c([nH]1)CNc1ccccc1-2. The minimum atomic E-state index is 0.840. The zero-order valence-corrected chi connectivity index (χ0v) is 7.96. The molecule has 0 fully saturated rings. The van der Waals surface area contributed by atoms with Crippen molar-refractivity contribution in [2.45, 2.75) is 13.5 Å². The molecule has 2 aromatic rings. The number of nitrogens with zero attached hydrogens (tertiary/aromatic N) is 1. The Morgan fingerprint density at radius 3 is 3.07 bits per heavy atom. The topological polar surface area (TPSA) is 40.7 Å². The molecule has 0 saturated carbocycles. The second-order valence-corrected chi connectivity index (χ2v) is 3.55. The van der Waals surface area contributed by atoms with Crippen molar-refractivity contribution in [1.29, 1.82) is 0 Å². The van der Waals surface area contributed by atoms with Crippen LogP contribution in [0.2, 0.25) is 0 Å². The number of fused-ring (bicyclic) bond motifs is 3. The van der Waals surface area contributed by atoms with Gasteiger partial charge in [0, 0.05) is 11.3 Å².